The van der Waals surface area contributed by atoms with E-state index in [-0.39, 0.29) is 5.91 Å². The van der Waals surface area contributed by atoms with Gasteiger partial charge in [-0.2, -0.15) is 0 Å². The summed E-state index contributed by atoms with van der Waals surface area (Å²) in [7, 11) is 1.53. The van der Waals surface area contributed by atoms with Crippen molar-refractivity contribution < 1.29 is 9.53 Å². The molecule has 0 fully saturated rings. The van der Waals surface area contributed by atoms with Gasteiger partial charge in [-0.1, -0.05) is 23.7 Å². The number of nitrogens with one attached hydrogen (secondary N) is 2. The number of H-pyrrole nitrogens is 1. The van der Waals surface area contributed by atoms with Gasteiger partial charge < -0.3 is 15.0 Å². The maximum atomic E-state index is 12.5. The maximum Gasteiger partial charge on any atom is 0.276 e. The van der Waals surface area contributed by atoms with E-state index in [0.29, 0.717) is 33.7 Å². The Kier molecular flexibility index (Phi) is 4.48. The number of aromatic nitrogens is 3. The number of ether oxygens (including phenoxy) is 1. The number of hydrogen-bond acceptors (Lipinski definition) is 4. The van der Waals surface area contributed by atoms with Crippen LogP contribution in [-0.4, -0.2) is 28.0 Å². The fraction of sp³-hybridized carbons (Fsp3) is 0.118. The molecule has 1 amide bonds. The number of methoxy groups -OCH3 is 1. The number of anilines is 1. The first-order valence-electron chi connectivity index (χ1n) is 7.20. The number of carbonyl (C=O) groups excluding carboxylic acids is 1. The Morgan fingerprint density at radius 2 is 2.17 bits per heavy atom. The highest BCUT2D eigenvalue weighted by atomic mass is 35.5. The molecule has 2 aromatic heterocycles. The van der Waals surface area contributed by atoms with Crippen molar-refractivity contribution in [1.29, 1.82) is 0 Å². The Bertz CT molecular complexity index is 892. The predicted octanol–water partition coefficient (Wildman–Crippen LogP) is 3.69. The van der Waals surface area contributed by atoms with E-state index in [9.17, 15) is 4.79 Å². The first-order valence-corrected chi connectivity index (χ1v) is 7.58. The van der Waals surface area contributed by atoms with Crippen LogP contribution in [0.4, 0.5) is 5.69 Å². The van der Waals surface area contributed by atoms with Crippen molar-refractivity contribution in [2.75, 3.05) is 12.4 Å². The van der Waals surface area contributed by atoms with Crippen molar-refractivity contribution in [3.63, 3.8) is 0 Å². The van der Waals surface area contributed by atoms with Crippen molar-refractivity contribution in [2.45, 2.75) is 6.92 Å². The molecule has 1 aromatic carbocycles. The summed E-state index contributed by atoms with van der Waals surface area (Å²) < 4.78 is 5.20. The van der Waals surface area contributed by atoms with Crippen molar-refractivity contribution in [3.8, 4) is 17.1 Å². The molecule has 0 atom stereocenters. The minimum atomic E-state index is -0.344. The van der Waals surface area contributed by atoms with Crippen LogP contribution in [0.3, 0.4) is 0 Å². The summed E-state index contributed by atoms with van der Waals surface area (Å²) in [5, 5.41) is 3.36. The van der Waals surface area contributed by atoms with E-state index < -0.39 is 0 Å². The summed E-state index contributed by atoms with van der Waals surface area (Å²) in [5.74, 6) is 0.767. The fourth-order valence-electron chi connectivity index (χ4n) is 2.29. The van der Waals surface area contributed by atoms with Crippen molar-refractivity contribution in [3.05, 3.63) is 59.1 Å². The molecule has 0 aliphatic heterocycles. The summed E-state index contributed by atoms with van der Waals surface area (Å²) in [6.07, 6.45) is 3.11. The molecule has 0 aliphatic rings. The highest BCUT2D eigenvalue weighted by Crippen LogP contribution is 2.24. The van der Waals surface area contributed by atoms with Crippen LogP contribution >= 0.6 is 11.6 Å². The van der Waals surface area contributed by atoms with Gasteiger partial charge in [0, 0.05) is 28.5 Å². The van der Waals surface area contributed by atoms with Crippen molar-refractivity contribution >= 4 is 23.2 Å². The summed E-state index contributed by atoms with van der Waals surface area (Å²) in [5.41, 5.74) is 2.25. The second-order valence-electron chi connectivity index (χ2n) is 5.10. The average molecular weight is 343 g/mol. The van der Waals surface area contributed by atoms with E-state index in [1.54, 1.807) is 31.3 Å². The predicted molar refractivity (Wildman–Crippen MR) is 92.5 cm³/mol. The van der Waals surface area contributed by atoms with Gasteiger partial charge in [0.1, 0.15) is 23.0 Å². The number of aromatic amines is 1. The van der Waals surface area contributed by atoms with Gasteiger partial charge in [-0.15, -0.1) is 0 Å². The molecular formula is C17H15ClN4O2. The third-order valence-electron chi connectivity index (χ3n) is 3.45. The molecule has 6 nitrogen and oxygen atoms in total. The van der Waals surface area contributed by atoms with Gasteiger partial charge in [0.15, 0.2) is 0 Å². The summed E-state index contributed by atoms with van der Waals surface area (Å²) in [6.45, 7) is 1.79. The fourth-order valence-corrected chi connectivity index (χ4v) is 2.48. The van der Waals surface area contributed by atoms with E-state index in [2.05, 4.69) is 20.3 Å². The Morgan fingerprint density at radius 1 is 1.33 bits per heavy atom. The lowest BCUT2D eigenvalue weighted by Gasteiger charge is -2.08. The van der Waals surface area contributed by atoms with Crippen molar-refractivity contribution in [2.24, 2.45) is 0 Å². The molecule has 0 aliphatic carbocycles. The first kappa shape index (κ1) is 16.0. The number of nitrogens with zero attached hydrogens (tertiary/aromatic N) is 2. The number of amides is 1. The first-order chi connectivity index (χ1) is 11.6. The number of rotatable bonds is 4. The number of carbonyl (C=O) groups is 1. The lowest BCUT2D eigenvalue weighted by Crippen LogP contribution is -2.14. The number of aryl methyl sites for hydroxylation is 1. The van der Waals surface area contributed by atoms with Gasteiger partial charge in [0.05, 0.1) is 13.3 Å². The van der Waals surface area contributed by atoms with Crippen LogP contribution < -0.4 is 10.1 Å². The number of pyridine rings is 1. The van der Waals surface area contributed by atoms with Crippen LogP contribution in [0.1, 0.15) is 16.2 Å². The summed E-state index contributed by atoms with van der Waals surface area (Å²) >= 11 is 6.00. The van der Waals surface area contributed by atoms with E-state index in [1.165, 1.54) is 13.3 Å². The van der Waals surface area contributed by atoms with Crippen LogP contribution in [0.25, 0.3) is 11.4 Å². The van der Waals surface area contributed by atoms with Crippen LogP contribution in [0.2, 0.25) is 5.02 Å². The molecular weight excluding hydrogens is 328 g/mol. The molecule has 2 N–H and O–H groups in total. The zero-order valence-corrected chi connectivity index (χ0v) is 13.9. The standard InChI is InChI=1S/C17H15ClN4O2/c1-10-15(17(23)21-13-9-19-7-6-14(13)24-2)22-16(20-10)11-4-3-5-12(18)8-11/h3-9H,1-2H3,(H,20,22)(H,21,23). The smallest absolute Gasteiger partial charge is 0.276 e. The summed E-state index contributed by atoms with van der Waals surface area (Å²) in [4.78, 5) is 24.0. The monoisotopic (exact) mass is 342 g/mol. The van der Waals surface area contributed by atoms with Crippen LogP contribution in [0, 0.1) is 6.92 Å². The minimum absolute atomic E-state index is 0.302. The SMILES string of the molecule is COc1ccncc1NC(=O)c1nc(-c2cccc(Cl)c2)[nH]c1C. The largest absolute Gasteiger partial charge is 0.494 e. The highest BCUT2D eigenvalue weighted by molar-refractivity contribution is 6.30. The Morgan fingerprint density at radius 3 is 2.92 bits per heavy atom. The minimum Gasteiger partial charge on any atom is -0.494 e. The molecule has 0 bridgehead atoms. The second-order valence-corrected chi connectivity index (χ2v) is 5.54. The highest BCUT2D eigenvalue weighted by Gasteiger charge is 2.17. The zero-order chi connectivity index (χ0) is 17.1. The van der Waals surface area contributed by atoms with Gasteiger partial charge in [0.25, 0.3) is 5.91 Å². The number of halogens is 1. The molecule has 0 radical (unpaired) electrons. The average Bonchev–Trinajstić information content (AvgIpc) is 2.97. The van der Waals surface area contributed by atoms with Gasteiger partial charge in [-0.3, -0.25) is 9.78 Å². The van der Waals surface area contributed by atoms with Crippen LogP contribution in [-0.2, 0) is 0 Å². The Balaban J connectivity index is 1.88. The van der Waals surface area contributed by atoms with Gasteiger partial charge in [0.2, 0.25) is 0 Å². The van der Waals surface area contributed by atoms with Gasteiger partial charge in [-0.25, -0.2) is 4.98 Å². The lowest BCUT2D eigenvalue weighted by atomic mass is 10.2. The lowest BCUT2D eigenvalue weighted by molar-refractivity contribution is 0.102. The molecule has 3 aromatic rings. The second kappa shape index (κ2) is 6.72. The third kappa shape index (κ3) is 3.23. The van der Waals surface area contributed by atoms with Crippen LogP contribution in [0.15, 0.2) is 42.7 Å². The van der Waals surface area contributed by atoms with E-state index in [0.717, 1.165) is 5.56 Å². The normalized spacial score (nSPS) is 10.5. The molecule has 0 saturated carbocycles. The quantitative estimate of drug-likeness (QED) is 0.757. The third-order valence-corrected chi connectivity index (χ3v) is 3.68. The molecule has 0 saturated heterocycles. The maximum absolute atomic E-state index is 12.5. The topological polar surface area (TPSA) is 79.9 Å². The molecule has 24 heavy (non-hydrogen) atoms. The molecule has 0 unspecified atom stereocenters. The van der Waals surface area contributed by atoms with Gasteiger partial charge >= 0.3 is 0 Å². The molecule has 7 heteroatoms. The summed E-state index contributed by atoms with van der Waals surface area (Å²) in [6, 6.07) is 8.94. The van der Waals surface area contributed by atoms with E-state index in [4.69, 9.17) is 16.3 Å². The number of imidazole rings is 1. The number of benzene rings is 1. The number of hydrogen-bond donors (Lipinski definition) is 2. The van der Waals surface area contributed by atoms with Gasteiger partial charge in [-0.05, 0) is 19.1 Å². The van der Waals surface area contributed by atoms with E-state index in [1.807, 2.05) is 12.1 Å². The molecule has 0 spiro atoms. The van der Waals surface area contributed by atoms with Crippen LogP contribution in [0.5, 0.6) is 5.75 Å². The molecule has 122 valence electrons. The Hall–Kier alpha value is -2.86. The van der Waals surface area contributed by atoms with E-state index >= 15 is 0 Å². The molecule has 2 heterocycles. The van der Waals surface area contributed by atoms with Crippen molar-refractivity contribution in [1.82, 2.24) is 15.0 Å². The Labute approximate surface area is 143 Å². The zero-order valence-electron chi connectivity index (χ0n) is 13.1. The molecule has 3 rings (SSSR count).